The summed E-state index contributed by atoms with van der Waals surface area (Å²) in [5, 5.41) is 11.2. The van der Waals surface area contributed by atoms with Crippen LogP contribution in [0.5, 0.6) is 5.75 Å². The average Bonchev–Trinajstić information content (AvgIpc) is 2.81. The van der Waals surface area contributed by atoms with Crippen LogP contribution in [0.2, 0.25) is 5.02 Å². The fourth-order valence-corrected chi connectivity index (χ4v) is 4.64. The predicted octanol–water partition coefficient (Wildman–Crippen LogP) is 3.66. The van der Waals surface area contributed by atoms with Gasteiger partial charge in [0.2, 0.25) is 0 Å². The zero-order valence-electron chi connectivity index (χ0n) is 19.7. The normalized spacial score (nSPS) is 23.2. The van der Waals surface area contributed by atoms with Crippen molar-refractivity contribution in [2.45, 2.75) is 38.6 Å². The SMILES string of the molecule is COc1ccc(CCNC2(C)N=CC=C(c3cccc(CN4CCNC[C@@H]4C)c3)N2)cc1Cl. The van der Waals surface area contributed by atoms with Crippen LogP contribution < -0.4 is 20.7 Å². The molecular formula is C26H34ClN5O. The van der Waals surface area contributed by atoms with Crippen molar-refractivity contribution in [2.75, 3.05) is 33.3 Å². The molecule has 6 nitrogen and oxygen atoms in total. The quantitative estimate of drug-likeness (QED) is 0.553. The maximum absolute atomic E-state index is 6.26. The number of nitrogens with zero attached hydrogens (tertiary/aromatic N) is 2. The van der Waals surface area contributed by atoms with Crippen LogP contribution >= 0.6 is 11.6 Å². The minimum absolute atomic E-state index is 0.551. The van der Waals surface area contributed by atoms with E-state index in [1.165, 1.54) is 11.1 Å². The summed E-state index contributed by atoms with van der Waals surface area (Å²) in [7, 11) is 1.63. The number of aliphatic imine (C=N–C) groups is 1. The third-order valence-electron chi connectivity index (χ3n) is 6.31. The van der Waals surface area contributed by atoms with Gasteiger partial charge >= 0.3 is 0 Å². The van der Waals surface area contributed by atoms with E-state index in [-0.39, 0.29) is 0 Å². The summed E-state index contributed by atoms with van der Waals surface area (Å²) in [6.07, 6.45) is 4.77. The van der Waals surface area contributed by atoms with Gasteiger partial charge in [-0.2, -0.15) is 0 Å². The molecule has 0 aromatic heterocycles. The van der Waals surface area contributed by atoms with E-state index in [2.05, 4.69) is 64.0 Å². The van der Waals surface area contributed by atoms with E-state index >= 15 is 0 Å². The van der Waals surface area contributed by atoms with E-state index < -0.39 is 5.79 Å². The molecule has 2 aliphatic heterocycles. The lowest BCUT2D eigenvalue weighted by atomic mass is 10.0. The number of hydrogen-bond donors (Lipinski definition) is 3. The molecule has 176 valence electrons. The number of methoxy groups -OCH3 is 1. The van der Waals surface area contributed by atoms with Gasteiger partial charge in [-0.05, 0) is 61.2 Å². The van der Waals surface area contributed by atoms with E-state index in [4.69, 9.17) is 16.3 Å². The van der Waals surface area contributed by atoms with Gasteiger partial charge in [0, 0.05) is 50.7 Å². The van der Waals surface area contributed by atoms with Crippen LogP contribution in [0.4, 0.5) is 0 Å². The fourth-order valence-electron chi connectivity index (χ4n) is 4.36. The summed E-state index contributed by atoms with van der Waals surface area (Å²) in [6, 6.07) is 15.3. The zero-order valence-corrected chi connectivity index (χ0v) is 20.5. The molecule has 2 aliphatic rings. The van der Waals surface area contributed by atoms with Crippen molar-refractivity contribution < 1.29 is 4.74 Å². The van der Waals surface area contributed by atoms with Gasteiger partial charge in [0.15, 0.2) is 5.79 Å². The zero-order chi connectivity index (χ0) is 23.3. The van der Waals surface area contributed by atoms with Gasteiger partial charge in [0.1, 0.15) is 5.75 Å². The largest absolute Gasteiger partial charge is 0.495 e. The highest BCUT2D eigenvalue weighted by molar-refractivity contribution is 6.32. The molecule has 7 heteroatoms. The summed E-state index contributed by atoms with van der Waals surface area (Å²) in [5.74, 6) is 0.131. The minimum Gasteiger partial charge on any atom is -0.495 e. The van der Waals surface area contributed by atoms with E-state index in [1.54, 1.807) is 7.11 Å². The van der Waals surface area contributed by atoms with E-state index in [0.29, 0.717) is 16.8 Å². The smallest absolute Gasteiger partial charge is 0.181 e. The number of ether oxygens (including phenoxy) is 1. The lowest BCUT2D eigenvalue weighted by molar-refractivity contribution is 0.165. The summed E-state index contributed by atoms with van der Waals surface area (Å²) >= 11 is 6.26. The molecule has 0 amide bonds. The molecule has 0 saturated carbocycles. The van der Waals surface area contributed by atoms with Crippen molar-refractivity contribution in [3.63, 3.8) is 0 Å². The number of rotatable bonds is 8. The second kappa shape index (κ2) is 10.7. The van der Waals surface area contributed by atoms with Crippen LogP contribution in [-0.2, 0) is 13.0 Å². The number of hydrogen-bond acceptors (Lipinski definition) is 6. The Morgan fingerprint density at radius 3 is 2.91 bits per heavy atom. The Bertz CT molecular complexity index is 1020. The Morgan fingerprint density at radius 2 is 2.12 bits per heavy atom. The number of benzene rings is 2. The van der Waals surface area contributed by atoms with Gasteiger partial charge < -0.3 is 15.4 Å². The lowest BCUT2D eigenvalue weighted by Gasteiger charge is -2.34. The van der Waals surface area contributed by atoms with Crippen LogP contribution in [0.3, 0.4) is 0 Å². The highest BCUT2D eigenvalue weighted by Crippen LogP contribution is 2.25. The van der Waals surface area contributed by atoms with Crippen LogP contribution in [0.1, 0.15) is 30.5 Å². The van der Waals surface area contributed by atoms with Gasteiger partial charge in [-0.15, -0.1) is 0 Å². The predicted molar refractivity (Wildman–Crippen MR) is 137 cm³/mol. The standard InChI is InChI=1S/C26H34ClN5O/c1-19-17-28-13-14-32(19)18-21-5-4-6-22(15-21)24-10-12-30-26(2,31-24)29-11-9-20-7-8-25(33-3)23(27)16-20/h4-8,10,12,15-16,19,28-29,31H,9,11,13-14,17-18H2,1-3H3/t19-,26?/m0/s1. The topological polar surface area (TPSA) is 60.9 Å². The molecule has 4 rings (SSSR count). The highest BCUT2D eigenvalue weighted by atomic mass is 35.5. The minimum atomic E-state index is -0.566. The molecule has 2 atom stereocenters. The second-order valence-corrected chi connectivity index (χ2v) is 9.33. The Balaban J connectivity index is 1.36. The molecule has 1 saturated heterocycles. The maximum Gasteiger partial charge on any atom is 0.181 e. The lowest BCUT2D eigenvalue weighted by Crippen LogP contribution is -2.53. The number of piperazine rings is 1. The average molecular weight is 468 g/mol. The Morgan fingerprint density at radius 1 is 1.24 bits per heavy atom. The number of allylic oxidation sites excluding steroid dienone is 1. The van der Waals surface area contributed by atoms with Crippen LogP contribution in [0.15, 0.2) is 53.5 Å². The van der Waals surface area contributed by atoms with Gasteiger partial charge in [0.25, 0.3) is 0 Å². The molecule has 2 aromatic carbocycles. The van der Waals surface area contributed by atoms with Crippen LogP contribution in [0, 0.1) is 0 Å². The molecule has 3 N–H and O–H groups in total. The van der Waals surface area contributed by atoms with Gasteiger partial charge in [-0.25, -0.2) is 0 Å². The first-order chi connectivity index (χ1) is 16.0. The molecule has 2 heterocycles. The fraction of sp³-hybridized carbons (Fsp3) is 0.423. The first-order valence-electron chi connectivity index (χ1n) is 11.6. The number of nitrogens with one attached hydrogen (secondary N) is 3. The van der Waals surface area contributed by atoms with Crippen molar-refractivity contribution in [1.82, 2.24) is 20.9 Å². The van der Waals surface area contributed by atoms with E-state index in [0.717, 1.165) is 50.4 Å². The third kappa shape index (κ3) is 6.15. The molecule has 0 radical (unpaired) electrons. The third-order valence-corrected chi connectivity index (χ3v) is 6.61. The summed E-state index contributed by atoms with van der Waals surface area (Å²) in [6.45, 7) is 9.27. The first-order valence-corrected chi connectivity index (χ1v) is 12.0. The first kappa shape index (κ1) is 23.8. The van der Waals surface area contributed by atoms with E-state index in [9.17, 15) is 0 Å². The Hall–Kier alpha value is -2.38. The molecule has 0 bridgehead atoms. The molecule has 33 heavy (non-hydrogen) atoms. The molecule has 1 fully saturated rings. The van der Waals surface area contributed by atoms with Crippen molar-refractivity contribution in [3.05, 3.63) is 70.3 Å². The molecule has 0 aliphatic carbocycles. The van der Waals surface area contributed by atoms with Crippen molar-refractivity contribution in [1.29, 1.82) is 0 Å². The van der Waals surface area contributed by atoms with Gasteiger partial charge in [0.05, 0.1) is 12.1 Å². The molecule has 1 unspecified atom stereocenters. The van der Waals surface area contributed by atoms with Crippen molar-refractivity contribution in [3.8, 4) is 5.75 Å². The van der Waals surface area contributed by atoms with Crippen LogP contribution in [-0.4, -0.2) is 56.2 Å². The molecule has 2 aromatic rings. The van der Waals surface area contributed by atoms with Crippen LogP contribution in [0.25, 0.3) is 5.70 Å². The summed E-state index contributed by atoms with van der Waals surface area (Å²) < 4.78 is 5.24. The van der Waals surface area contributed by atoms with Gasteiger partial charge in [-0.1, -0.05) is 35.9 Å². The summed E-state index contributed by atoms with van der Waals surface area (Å²) in [4.78, 5) is 7.19. The maximum atomic E-state index is 6.26. The second-order valence-electron chi connectivity index (χ2n) is 8.93. The summed E-state index contributed by atoms with van der Waals surface area (Å²) in [5.41, 5.74) is 4.74. The Labute approximate surface area is 202 Å². The van der Waals surface area contributed by atoms with Crippen molar-refractivity contribution >= 4 is 23.5 Å². The van der Waals surface area contributed by atoms with Gasteiger partial charge in [-0.3, -0.25) is 15.2 Å². The molecule has 0 spiro atoms. The highest BCUT2D eigenvalue weighted by Gasteiger charge is 2.25. The molecular weight excluding hydrogens is 434 g/mol. The van der Waals surface area contributed by atoms with E-state index in [1.807, 2.05) is 30.5 Å². The number of halogens is 1. The monoisotopic (exact) mass is 467 g/mol. The van der Waals surface area contributed by atoms with Crippen molar-refractivity contribution in [2.24, 2.45) is 4.99 Å². The Kier molecular flexibility index (Phi) is 7.71.